The molecule has 0 atom stereocenters. The van der Waals surface area contributed by atoms with Crippen LogP contribution in [0.25, 0.3) is 0 Å². The summed E-state index contributed by atoms with van der Waals surface area (Å²) in [6, 6.07) is 8.94. The largest absolute Gasteiger partial charge is 0.508 e. The third-order valence-electron chi connectivity index (χ3n) is 2.77. The van der Waals surface area contributed by atoms with Crippen molar-refractivity contribution < 1.29 is 9.90 Å². The Balaban J connectivity index is 1.98. The SMILES string of the molecule is CN(Cc1cc(Br)cs1)C(=O)Cc1ccccc1O. The Labute approximate surface area is 124 Å². The molecule has 0 saturated heterocycles. The first-order chi connectivity index (χ1) is 9.06. The minimum Gasteiger partial charge on any atom is -0.508 e. The number of carbonyl (C=O) groups excluding carboxylic acids is 1. The molecule has 2 rings (SSSR count). The van der Waals surface area contributed by atoms with Crippen LogP contribution in [-0.2, 0) is 17.8 Å². The molecule has 0 aliphatic heterocycles. The molecule has 0 radical (unpaired) electrons. The van der Waals surface area contributed by atoms with Crippen LogP contribution in [0.5, 0.6) is 5.75 Å². The van der Waals surface area contributed by atoms with Crippen molar-refractivity contribution in [2.75, 3.05) is 7.05 Å². The normalized spacial score (nSPS) is 10.4. The average Bonchev–Trinajstić information content (AvgIpc) is 2.77. The molecule has 2 aromatic rings. The lowest BCUT2D eigenvalue weighted by molar-refractivity contribution is -0.129. The Hall–Kier alpha value is -1.33. The molecule has 1 heterocycles. The highest BCUT2D eigenvalue weighted by Gasteiger charge is 2.13. The molecule has 0 aliphatic carbocycles. The number of thiophene rings is 1. The average molecular weight is 340 g/mol. The van der Waals surface area contributed by atoms with Crippen molar-refractivity contribution >= 4 is 33.2 Å². The molecule has 1 aromatic heterocycles. The van der Waals surface area contributed by atoms with Crippen LogP contribution in [0.15, 0.2) is 40.2 Å². The fraction of sp³-hybridized carbons (Fsp3) is 0.214. The Morgan fingerprint density at radius 2 is 2.16 bits per heavy atom. The van der Waals surface area contributed by atoms with Gasteiger partial charge in [-0.3, -0.25) is 4.79 Å². The Kier molecular flexibility index (Phi) is 4.61. The summed E-state index contributed by atoms with van der Waals surface area (Å²) in [5.41, 5.74) is 0.659. The number of amides is 1. The monoisotopic (exact) mass is 339 g/mol. The smallest absolute Gasteiger partial charge is 0.227 e. The van der Waals surface area contributed by atoms with E-state index in [9.17, 15) is 9.90 Å². The van der Waals surface area contributed by atoms with Crippen molar-refractivity contribution in [1.82, 2.24) is 4.90 Å². The molecule has 5 heteroatoms. The van der Waals surface area contributed by atoms with Crippen LogP contribution in [0, 0.1) is 0 Å². The number of halogens is 1. The van der Waals surface area contributed by atoms with E-state index in [-0.39, 0.29) is 18.1 Å². The molecule has 1 N–H and O–H groups in total. The van der Waals surface area contributed by atoms with Gasteiger partial charge in [0.25, 0.3) is 0 Å². The lowest BCUT2D eigenvalue weighted by Gasteiger charge is -2.16. The van der Waals surface area contributed by atoms with Gasteiger partial charge in [-0.2, -0.15) is 0 Å². The molecule has 0 aliphatic rings. The summed E-state index contributed by atoms with van der Waals surface area (Å²) in [7, 11) is 1.77. The van der Waals surface area contributed by atoms with Gasteiger partial charge in [0.05, 0.1) is 13.0 Å². The third kappa shape index (κ3) is 3.81. The maximum Gasteiger partial charge on any atom is 0.227 e. The Morgan fingerprint density at radius 3 is 2.79 bits per heavy atom. The van der Waals surface area contributed by atoms with Crippen LogP contribution in [0.4, 0.5) is 0 Å². The van der Waals surface area contributed by atoms with E-state index in [1.807, 2.05) is 17.5 Å². The highest BCUT2D eigenvalue weighted by Crippen LogP contribution is 2.21. The number of likely N-dealkylation sites (N-methyl/N-ethyl adjacent to an activating group) is 1. The summed E-state index contributed by atoms with van der Waals surface area (Å²) >= 11 is 5.01. The van der Waals surface area contributed by atoms with Crippen molar-refractivity contribution in [2.45, 2.75) is 13.0 Å². The van der Waals surface area contributed by atoms with E-state index >= 15 is 0 Å². The second-order valence-corrected chi connectivity index (χ2v) is 6.20. The van der Waals surface area contributed by atoms with Crippen molar-refractivity contribution in [1.29, 1.82) is 0 Å². The van der Waals surface area contributed by atoms with Gasteiger partial charge in [0.2, 0.25) is 5.91 Å². The number of hydrogen-bond donors (Lipinski definition) is 1. The van der Waals surface area contributed by atoms with E-state index in [1.54, 1.807) is 41.5 Å². The van der Waals surface area contributed by atoms with Crippen molar-refractivity contribution in [3.05, 3.63) is 50.6 Å². The first-order valence-corrected chi connectivity index (χ1v) is 7.47. The van der Waals surface area contributed by atoms with Crippen LogP contribution in [0.1, 0.15) is 10.4 Å². The molecule has 3 nitrogen and oxygen atoms in total. The summed E-state index contributed by atoms with van der Waals surface area (Å²) in [6.07, 6.45) is 0.218. The number of phenols is 1. The fourth-order valence-electron chi connectivity index (χ4n) is 1.72. The van der Waals surface area contributed by atoms with E-state index in [4.69, 9.17) is 0 Å². The van der Waals surface area contributed by atoms with Crippen LogP contribution in [0.3, 0.4) is 0 Å². The van der Waals surface area contributed by atoms with Gasteiger partial charge in [0, 0.05) is 27.3 Å². The first-order valence-electron chi connectivity index (χ1n) is 5.80. The number of carbonyl (C=O) groups is 1. The summed E-state index contributed by atoms with van der Waals surface area (Å²) in [6.45, 7) is 0.586. The number of rotatable bonds is 4. The standard InChI is InChI=1S/C14H14BrNO2S/c1-16(8-12-7-11(15)9-19-12)14(18)6-10-4-2-3-5-13(10)17/h2-5,7,9,17H,6,8H2,1H3. The van der Waals surface area contributed by atoms with Gasteiger partial charge in [-0.15, -0.1) is 11.3 Å². The van der Waals surface area contributed by atoms with E-state index < -0.39 is 0 Å². The molecule has 0 unspecified atom stereocenters. The Morgan fingerprint density at radius 1 is 1.42 bits per heavy atom. The highest BCUT2D eigenvalue weighted by atomic mass is 79.9. The minimum absolute atomic E-state index is 0.00831. The van der Waals surface area contributed by atoms with E-state index in [1.165, 1.54) is 0 Å². The lowest BCUT2D eigenvalue weighted by Crippen LogP contribution is -2.27. The molecule has 0 bridgehead atoms. The minimum atomic E-state index is -0.00831. The number of nitrogens with zero attached hydrogens (tertiary/aromatic N) is 1. The zero-order valence-electron chi connectivity index (χ0n) is 10.5. The lowest BCUT2D eigenvalue weighted by atomic mass is 10.1. The maximum absolute atomic E-state index is 12.1. The predicted molar refractivity (Wildman–Crippen MR) is 80.3 cm³/mol. The van der Waals surface area contributed by atoms with E-state index in [0.717, 1.165) is 9.35 Å². The first kappa shape index (κ1) is 14.1. The van der Waals surface area contributed by atoms with Gasteiger partial charge in [0.15, 0.2) is 0 Å². The predicted octanol–water partition coefficient (Wildman–Crippen LogP) is 3.42. The summed E-state index contributed by atoms with van der Waals surface area (Å²) in [4.78, 5) is 14.9. The van der Waals surface area contributed by atoms with Gasteiger partial charge in [0.1, 0.15) is 5.75 Å². The molecule has 1 aromatic carbocycles. The van der Waals surface area contributed by atoms with Crippen LogP contribution >= 0.6 is 27.3 Å². The number of benzene rings is 1. The van der Waals surface area contributed by atoms with Gasteiger partial charge in [-0.1, -0.05) is 18.2 Å². The summed E-state index contributed by atoms with van der Waals surface area (Å²) in [5, 5.41) is 11.7. The van der Waals surface area contributed by atoms with Crippen molar-refractivity contribution in [3.63, 3.8) is 0 Å². The topological polar surface area (TPSA) is 40.5 Å². The second-order valence-electron chi connectivity index (χ2n) is 4.29. The second kappa shape index (κ2) is 6.21. The zero-order valence-corrected chi connectivity index (χ0v) is 12.9. The summed E-state index contributed by atoms with van der Waals surface area (Å²) < 4.78 is 1.04. The number of phenolic OH excluding ortho intramolecular Hbond substituents is 1. The van der Waals surface area contributed by atoms with Crippen LogP contribution < -0.4 is 0 Å². The quantitative estimate of drug-likeness (QED) is 0.927. The zero-order chi connectivity index (χ0) is 13.8. The van der Waals surface area contributed by atoms with Gasteiger partial charge in [-0.05, 0) is 28.1 Å². The number of aromatic hydroxyl groups is 1. The molecule has 100 valence electrons. The molecule has 1 amide bonds. The molecule has 0 spiro atoms. The summed E-state index contributed by atoms with van der Waals surface area (Å²) in [5.74, 6) is 0.161. The highest BCUT2D eigenvalue weighted by molar-refractivity contribution is 9.10. The van der Waals surface area contributed by atoms with Crippen LogP contribution in [-0.4, -0.2) is 23.0 Å². The molecule has 0 saturated carbocycles. The molecular weight excluding hydrogens is 326 g/mol. The van der Waals surface area contributed by atoms with Gasteiger partial charge in [-0.25, -0.2) is 0 Å². The maximum atomic E-state index is 12.1. The van der Waals surface area contributed by atoms with Crippen molar-refractivity contribution in [3.8, 4) is 5.75 Å². The van der Waals surface area contributed by atoms with Crippen molar-refractivity contribution in [2.24, 2.45) is 0 Å². The van der Waals surface area contributed by atoms with E-state index in [0.29, 0.717) is 12.1 Å². The van der Waals surface area contributed by atoms with Gasteiger partial charge >= 0.3 is 0 Å². The van der Waals surface area contributed by atoms with E-state index in [2.05, 4.69) is 15.9 Å². The fourth-order valence-corrected chi connectivity index (χ4v) is 3.22. The van der Waals surface area contributed by atoms with Crippen LogP contribution in [0.2, 0.25) is 0 Å². The Bertz CT molecular complexity index is 582. The number of para-hydroxylation sites is 1. The third-order valence-corrected chi connectivity index (χ3v) is 4.46. The molecule has 19 heavy (non-hydrogen) atoms. The molecular formula is C14H14BrNO2S. The number of hydrogen-bond acceptors (Lipinski definition) is 3. The molecule has 0 fully saturated rings. The van der Waals surface area contributed by atoms with Gasteiger partial charge < -0.3 is 10.0 Å².